The van der Waals surface area contributed by atoms with Crippen LogP contribution < -0.4 is 0 Å². The zero-order valence-corrected chi connectivity index (χ0v) is 28.0. The number of hydrogen-bond acceptors (Lipinski definition) is 2. The van der Waals surface area contributed by atoms with Crippen molar-refractivity contribution >= 4 is 65.2 Å². The van der Waals surface area contributed by atoms with Gasteiger partial charge in [0.25, 0.3) is 0 Å². The van der Waals surface area contributed by atoms with Crippen LogP contribution in [-0.4, -0.2) is 19.1 Å². The Bertz CT molecular complexity index is 3260. The number of nitrogens with zero attached hydrogens (tertiary/aromatic N) is 4. The van der Waals surface area contributed by atoms with E-state index in [1.807, 2.05) is 18.5 Å². The highest BCUT2D eigenvalue weighted by Crippen LogP contribution is 2.48. The first kappa shape index (κ1) is 27.7. The molecule has 0 saturated carbocycles. The molecule has 0 fully saturated rings. The predicted octanol–water partition coefficient (Wildman–Crippen LogP) is 12.3. The molecule has 0 spiro atoms. The van der Waals surface area contributed by atoms with E-state index in [4.69, 9.17) is 9.97 Å². The minimum atomic E-state index is 0.937. The van der Waals surface area contributed by atoms with Gasteiger partial charge >= 0.3 is 0 Å². The normalized spacial score (nSPS) is 12.2. The average molecular weight is 661 g/mol. The lowest BCUT2D eigenvalue weighted by molar-refractivity contribution is 1.10. The molecular formula is C48H28N4. The van der Waals surface area contributed by atoms with Crippen molar-refractivity contribution in [3.05, 3.63) is 170 Å². The Hall–Kier alpha value is -7.04. The number of aromatic nitrogens is 4. The minimum Gasteiger partial charge on any atom is -0.309 e. The van der Waals surface area contributed by atoms with Crippen LogP contribution in [0.15, 0.2) is 170 Å². The molecule has 7 aromatic carbocycles. The van der Waals surface area contributed by atoms with E-state index in [0.29, 0.717) is 0 Å². The summed E-state index contributed by atoms with van der Waals surface area (Å²) in [5.74, 6) is 0.937. The summed E-state index contributed by atoms with van der Waals surface area (Å²) in [6.07, 6.45) is 3.93. The molecule has 0 bridgehead atoms. The molecule has 1 aliphatic carbocycles. The van der Waals surface area contributed by atoms with Crippen molar-refractivity contribution in [1.29, 1.82) is 0 Å². The lowest BCUT2D eigenvalue weighted by Gasteiger charge is -2.12. The summed E-state index contributed by atoms with van der Waals surface area (Å²) in [5, 5.41) is 9.71. The average Bonchev–Trinajstić information content (AvgIpc) is 3.83. The summed E-state index contributed by atoms with van der Waals surface area (Å²) >= 11 is 0. The van der Waals surface area contributed by atoms with Crippen LogP contribution in [0, 0.1) is 0 Å². The SMILES string of the molecule is c1ccc(-n2c3ccccc3c3cc(-c4ccc5c(c4)c4cc6ccccc6cc4n5-c4ncc5c6c(cccc46)-c4ncccc4-5)ccc32)cc1. The Kier molecular flexibility index (Phi) is 5.47. The Labute approximate surface area is 298 Å². The molecule has 0 N–H and O–H groups in total. The van der Waals surface area contributed by atoms with Gasteiger partial charge in [-0.05, 0) is 82.6 Å². The molecule has 240 valence electrons. The molecular weight excluding hydrogens is 633 g/mol. The van der Waals surface area contributed by atoms with Gasteiger partial charge in [-0.15, -0.1) is 0 Å². The van der Waals surface area contributed by atoms with Crippen molar-refractivity contribution in [2.45, 2.75) is 0 Å². The predicted molar refractivity (Wildman–Crippen MR) is 216 cm³/mol. The van der Waals surface area contributed by atoms with E-state index in [0.717, 1.165) is 39.1 Å². The Morgan fingerprint density at radius 1 is 0.385 bits per heavy atom. The van der Waals surface area contributed by atoms with Crippen molar-refractivity contribution < 1.29 is 0 Å². The van der Waals surface area contributed by atoms with Crippen LogP contribution in [0.2, 0.25) is 0 Å². The van der Waals surface area contributed by atoms with Gasteiger partial charge in [0, 0.05) is 67.1 Å². The first-order chi connectivity index (χ1) is 25.8. The summed E-state index contributed by atoms with van der Waals surface area (Å²) < 4.78 is 4.74. The van der Waals surface area contributed by atoms with E-state index in [9.17, 15) is 0 Å². The summed E-state index contributed by atoms with van der Waals surface area (Å²) in [4.78, 5) is 10.0. The Morgan fingerprint density at radius 3 is 1.88 bits per heavy atom. The molecule has 11 aromatic rings. The summed E-state index contributed by atoms with van der Waals surface area (Å²) in [6, 6.07) is 57.3. The summed E-state index contributed by atoms with van der Waals surface area (Å²) in [7, 11) is 0. The van der Waals surface area contributed by atoms with Crippen LogP contribution in [0.5, 0.6) is 0 Å². The molecule has 4 aromatic heterocycles. The molecule has 1 aliphatic rings. The maximum Gasteiger partial charge on any atom is 0.145 e. The zero-order chi connectivity index (χ0) is 33.9. The topological polar surface area (TPSA) is 35.6 Å². The van der Waals surface area contributed by atoms with Crippen LogP contribution >= 0.6 is 0 Å². The second-order valence-corrected chi connectivity index (χ2v) is 13.8. The second-order valence-electron chi connectivity index (χ2n) is 13.8. The first-order valence-corrected chi connectivity index (χ1v) is 17.7. The fourth-order valence-electron chi connectivity index (χ4n) is 8.83. The van der Waals surface area contributed by atoms with Crippen molar-refractivity contribution in [3.63, 3.8) is 0 Å². The van der Waals surface area contributed by atoms with E-state index in [1.54, 1.807) is 0 Å². The Balaban J connectivity index is 1.12. The molecule has 4 heteroatoms. The van der Waals surface area contributed by atoms with E-state index in [-0.39, 0.29) is 0 Å². The molecule has 0 radical (unpaired) electrons. The Morgan fingerprint density at radius 2 is 1.04 bits per heavy atom. The first-order valence-electron chi connectivity index (χ1n) is 17.7. The molecule has 0 amide bonds. The molecule has 4 nitrogen and oxygen atoms in total. The van der Waals surface area contributed by atoms with E-state index in [1.165, 1.54) is 71.1 Å². The van der Waals surface area contributed by atoms with Gasteiger partial charge in [0.05, 0.1) is 27.8 Å². The highest BCUT2D eigenvalue weighted by atomic mass is 15.1. The fourth-order valence-corrected chi connectivity index (χ4v) is 8.83. The van der Waals surface area contributed by atoms with Crippen molar-refractivity contribution in [1.82, 2.24) is 19.1 Å². The third kappa shape index (κ3) is 3.70. The van der Waals surface area contributed by atoms with Crippen LogP contribution in [-0.2, 0) is 0 Å². The maximum absolute atomic E-state index is 5.24. The largest absolute Gasteiger partial charge is 0.309 e. The van der Waals surface area contributed by atoms with Gasteiger partial charge in [-0.25, -0.2) is 4.98 Å². The number of hydrogen-bond donors (Lipinski definition) is 0. The standard InChI is InChI=1S/C48H28N4/c1-2-12-33(13-3-1)51-42-18-7-6-14-34(42)38-25-31(19-21-43(38)51)32-20-22-44-39(26-32)40-24-29-10-4-5-11-30(29)27-45(40)52(44)48-37-16-8-15-36-46(37)41(28-50-48)35-17-9-23-49-47(35)36/h1-28H. The van der Waals surface area contributed by atoms with Crippen molar-refractivity contribution in [3.8, 4) is 45.0 Å². The van der Waals surface area contributed by atoms with E-state index >= 15 is 0 Å². The van der Waals surface area contributed by atoms with Gasteiger partial charge in [-0.3, -0.25) is 9.55 Å². The highest BCUT2D eigenvalue weighted by molar-refractivity contribution is 6.19. The van der Waals surface area contributed by atoms with Gasteiger partial charge in [0.15, 0.2) is 0 Å². The third-order valence-corrected chi connectivity index (χ3v) is 11.1. The minimum absolute atomic E-state index is 0.937. The summed E-state index contributed by atoms with van der Waals surface area (Å²) in [5.41, 5.74) is 12.7. The molecule has 0 unspecified atom stereocenters. The van der Waals surface area contributed by atoms with Crippen molar-refractivity contribution in [2.24, 2.45) is 0 Å². The highest BCUT2D eigenvalue weighted by Gasteiger charge is 2.26. The molecule has 0 saturated heterocycles. The summed E-state index contributed by atoms with van der Waals surface area (Å²) in [6.45, 7) is 0. The number of fused-ring (bicyclic) bond motifs is 10. The molecule has 4 heterocycles. The molecule has 0 aliphatic heterocycles. The number of para-hydroxylation sites is 2. The molecule has 0 atom stereocenters. The van der Waals surface area contributed by atoms with Crippen LogP contribution in [0.4, 0.5) is 0 Å². The quantitative estimate of drug-likeness (QED) is 0.189. The van der Waals surface area contributed by atoms with Crippen molar-refractivity contribution in [2.75, 3.05) is 0 Å². The fraction of sp³-hybridized carbons (Fsp3) is 0. The van der Waals surface area contributed by atoms with Crippen LogP contribution in [0.25, 0.3) is 110 Å². The van der Waals surface area contributed by atoms with Gasteiger partial charge in [0.1, 0.15) is 5.82 Å². The number of benzene rings is 7. The monoisotopic (exact) mass is 660 g/mol. The number of rotatable bonds is 3. The van der Waals surface area contributed by atoms with Gasteiger partial charge in [-0.2, -0.15) is 0 Å². The van der Waals surface area contributed by atoms with Gasteiger partial charge in [-0.1, -0.05) is 97.1 Å². The maximum atomic E-state index is 5.24. The second kappa shape index (κ2) is 10.3. The van der Waals surface area contributed by atoms with Crippen LogP contribution in [0.1, 0.15) is 0 Å². The zero-order valence-electron chi connectivity index (χ0n) is 28.0. The molecule has 52 heavy (non-hydrogen) atoms. The van der Waals surface area contributed by atoms with Gasteiger partial charge in [0.2, 0.25) is 0 Å². The van der Waals surface area contributed by atoms with Crippen LogP contribution in [0.3, 0.4) is 0 Å². The third-order valence-electron chi connectivity index (χ3n) is 11.1. The smallest absolute Gasteiger partial charge is 0.145 e. The lowest BCUT2D eigenvalue weighted by Crippen LogP contribution is -1.99. The number of pyridine rings is 2. The molecule has 12 rings (SSSR count). The van der Waals surface area contributed by atoms with E-state index < -0.39 is 0 Å². The lowest BCUT2D eigenvalue weighted by atomic mass is 10.00. The van der Waals surface area contributed by atoms with E-state index in [2.05, 4.69) is 161 Å². The van der Waals surface area contributed by atoms with Gasteiger partial charge < -0.3 is 4.57 Å².